The topological polar surface area (TPSA) is 29.5 Å². The molecule has 2 heterocycles. The summed E-state index contributed by atoms with van der Waals surface area (Å²) in [5, 5.41) is 6.61. The lowest BCUT2D eigenvalue weighted by Gasteiger charge is -2.26. The van der Waals surface area contributed by atoms with E-state index in [4.69, 9.17) is 8.83 Å². The maximum atomic E-state index is 6.88. The van der Waals surface area contributed by atoms with Crippen LogP contribution in [0.3, 0.4) is 0 Å². The van der Waals surface area contributed by atoms with Crippen molar-refractivity contribution in [1.29, 1.82) is 0 Å². The highest BCUT2D eigenvalue weighted by molar-refractivity contribution is 6.25. The monoisotopic (exact) mass is 779 g/mol. The molecule has 0 aliphatic carbocycles. The number of rotatable bonds is 7. The minimum atomic E-state index is 0.845. The minimum absolute atomic E-state index is 0.845. The largest absolute Gasteiger partial charge is 0.456 e. The summed E-state index contributed by atoms with van der Waals surface area (Å²) < 4.78 is 13.5. The van der Waals surface area contributed by atoms with Gasteiger partial charge in [-0.25, -0.2) is 0 Å². The molecule has 3 heteroatoms. The summed E-state index contributed by atoms with van der Waals surface area (Å²) in [6.07, 6.45) is 0. The third-order valence-electron chi connectivity index (χ3n) is 12.1. The van der Waals surface area contributed by atoms with Crippen LogP contribution in [0.15, 0.2) is 233 Å². The molecular weight excluding hydrogens is 743 g/mol. The summed E-state index contributed by atoms with van der Waals surface area (Å²) in [5.74, 6) is 0. The second-order valence-corrected chi connectivity index (χ2v) is 15.6. The highest BCUT2D eigenvalue weighted by atomic mass is 16.3. The highest BCUT2D eigenvalue weighted by Gasteiger charge is 2.23. The molecule has 12 rings (SSSR count). The van der Waals surface area contributed by atoms with E-state index < -0.39 is 0 Å². The number of nitrogens with zero attached hydrogens (tertiary/aromatic N) is 1. The fourth-order valence-electron chi connectivity index (χ4n) is 9.11. The van der Waals surface area contributed by atoms with E-state index in [2.05, 4.69) is 217 Å². The molecule has 2 aromatic heterocycles. The summed E-state index contributed by atoms with van der Waals surface area (Å²) in [6.45, 7) is 0. The van der Waals surface area contributed by atoms with Crippen LogP contribution < -0.4 is 4.90 Å². The molecule has 0 saturated heterocycles. The molecule has 0 aliphatic heterocycles. The summed E-state index contributed by atoms with van der Waals surface area (Å²) in [5.41, 5.74) is 15.9. The second-order valence-electron chi connectivity index (χ2n) is 15.6. The predicted molar refractivity (Wildman–Crippen MR) is 255 cm³/mol. The normalized spacial score (nSPS) is 11.6. The van der Waals surface area contributed by atoms with Gasteiger partial charge in [-0.3, -0.25) is 0 Å². The minimum Gasteiger partial charge on any atom is -0.456 e. The van der Waals surface area contributed by atoms with Crippen LogP contribution in [0.5, 0.6) is 0 Å². The Morgan fingerprint density at radius 2 is 0.787 bits per heavy atom. The first kappa shape index (κ1) is 34.9. The van der Waals surface area contributed by atoms with Crippen LogP contribution in [-0.2, 0) is 0 Å². The van der Waals surface area contributed by atoms with E-state index in [1.165, 1.54) is 33.0 Å². The van der Waals surface area contributed by atoms with Gasteiger partial charge in [0.05, 0.1) is 0 Å². The Labute approximate surface area is 353 Å². The lowest BCUT2D eigenvalue weighted by molar-refractivity contribution is 0.664. The van der Waals surface area contributed by atoms with Crippen LogP contribution in [0.25, 0.3) is 99.2 Å². The molecule has 0 N–H and O–H groups in total. The molecule has 0 aliphatic rings. The van der Waals surface area contributed by atoms with E-state index in [1.54, 1.807) is 0 Å². The number of anilines is 3. The molecule has 0 fully saturated rings. The van der Waals surface area contributed by atoms with Crippen LogP contribution >= 0.6 is 0 Å². The third kappa shape index (κ3) is 5.98. The maximum absolute atomic E-state index is 6.88. The number of fused-ring (bicyclic) bond motifs is 7. The van der Waals surface area contributed by atoms with Crippen LogP contribution in [0.4, 0.5) is 17.1 Å². The molecular formula is C58H37NO2. The van der Waals surface area contributed by atoms with Gasteiger partial charge >= 0.3 is 0 Å². The van der Waals surface area contributed by atoms with Crippen molar-refractivity contribution in [2.45, 2.75) is 0 Å². The molecule has 61 heavy (non-hydrogen) atoms. The van der Waals surface area contributed by atoms with Crippen molar-refractivity contribution in [2.75, 3.05) is 4.90 Å². The van der Waals surface area contributed by atoms with Gasteiger partial charge in [-0.2, -0.15) is 0 Å². The van der Waals surface area contributed by atoms with Gasteiger partial charge in [0, 0.05) is 44.2 Å². The Hall–Kier alpha value is -8.14. The van der Waals surface area contributed by atoms with Crippen molar-refractivity contribution in [3.05, 3.63) is 224 Å². The quantitative estimate of drug-likeness (QED) is 0.161. The number of para-hydroxylation sites is 1. The SMILES string of the molecule is c1ccc(-c2ccc(N(c3ccc(-c4ccccc4)cc3)c3ccc(-c4ccc5oc6c(-c7cccc8ccccc78)c7c(cc6c5c4)oc4ccccc47)cc3)cc2)cc1. The van der Waals surface area contributed by atoms with Crippen molar-refractivity contribution in [3.63, 3.8) is 0 Å². The summed E-state index contributed by atoms with van der Waals surface area (Å²) in [7, 11) is 0. The fourth-order valence-corrected chi connectivity index (χ4v) is 9.11. The van der Waals surface area contributed by atoms with Crippen molar-refractivity contribution >= 4 is 71.7 Å². The molecule has 286 valence electrons. The molecule has 0 amide bonds. The van der Waals surface area contributed by atoms with Gasteiger partial charge in [-0.1, -0.05) is 164 Å². The molecule has 10 aromatic carbocycles. The number of hydrogen-bond acceptors (Lipinski definition) is 3. The molecule has 0 unspecified atom stereocenters. The van der Waals surface area contributed by atoms with Gasteiger partial charge < -0.3 is 13.7 Å². The Morgan fingerprint density at radius 1 is 0.295 bits per heavy atom. The predicted octanol–water partition coefficient (Wildman–Crippen LogP) is 16.8. The Morgan fingerprint density at radius 3 is 1.43 bits per heavy atom. The number of furan rings is 2. The molecule has 0 saturated carbocycles. The molecule has 0 bridgehead atoms. The summed E-state index contributed by atoms with van der Waals surface area (Å²) >= 11 is 0. The zero-order valence-electron chi connectivity index (χ0n) is 33.1. The van der Waals surface area contributed by atoms with Crippen molar-refractivity contribution < 1.29 is 8.83 Å². The van der Waals surface area contributed by atoms with E-state index >= 15 is 0 Å². The molecule has 3 nitrogen and oxygen atoms in total. The lowest BCUT2D eigenvalue weighted by atomic mass is 9.92. The van der Waals surface area contributed by atoms with Crippen LogP contribution in [-0.4, -0.2) is 0 Å². The Bertz CT molecular complexity index is 3460. The average Bonchev–Trinajstić information content (AvgIpc) is 3.89. The molecule has 0 radical (unpaired) electrons. The summed E-state index contributed by atoms with van der Waals surface area (Å²) in [4.78, 5) is 2.33. The number of hydrogen-bond donors (Lipinski definition) is 0. The van der Waals surface area contributed by atoms with Crippen LogP contribution in [0.1, 0.15) is 0 Å². The van der Waals surface area contributed by atoms with Crippen molar-refractivity contribution in [2.24, 2.45) is 0 Å². The summed E-state index contributed by atoms with van der Waals surface area (Å²) in [6, 6.07) is 79.7. The average molecular weight is 780 g/mol. The first-order valence-electron chi connectivity index (χ1n) is 20.7. The maximum Gasteiger partial charge on any atom is 0.144 e. The Balaban J connectivity index is 0.968. The third-order valence-corrected chi connectivity index (χ3v) is 12.1. The zero-order valence-corrected chi connectivity index (χ0v) is 33.1. The van der Waals surface area contributed by atoms with E-state index in [9.17, 15) is 0 Å². The van der Waals surface area contributed by atoms with E-state index in [0.717, 1.165) is 83.2 Å². The highest BCUT2D eigenvalue weighted by Crippen LogP contribution is 2.47. The van der Waals surface area contributed by atoms with Gasteiger partial charge in [0.1, 0.15) is 22.3 Å². The smallest absolute Gasteiger partial charge is 0.144 e. The van der Waals surface area contributed by atoms with Gasteiger partial charge in [0.15, 0.2) is 0 Å². The van der Waals surface area contributed by atoms with Crippen LogP contribution in [0.2, 0.25) is 0 Å². The van der Waals surface area contributed by atoms with E-state index in [0.29, 0.717) is 0 Å². The van der Waals surface area contributed by atoms with Gasteiger partial charge in [0.2, 0.25) is 0 Å². The van der Waals surface area contributed by atoms with Crippen LogP contribution in [0, 0.1) is 0 Å². The van der Waals surface area contributed by atoms with Crippen molar-refractivity contribution in [3.8, 4) is 44.5 Å². The first-order chi connectivity index (χ1) is 30.2. The van der Waals surface area contributed by atoms with E-state index in [1.807, 2.05) is 12.1 Å². The molecule has 0 atom stereocenters. The van der Waals surface area contributed by atoms with Gasteiger partial charge in [-0.15, -0.1) is 0 Å². The standard InChI is InChI=1S/C58H37NO2/c1-3-12-38(13-4-1)40-22-29-45(30-23-40)59(46-31-24-41(25-32-46)39-14-5-2-6-15-39)47-33-26-42(27-34-47)44-28-35-54-51(36-44)52-37-55-56(50-19-9-10-21-53(50)60-55)57(58(52)61-54)49-20-11-17-43-16-7-8-18-48(43)49/h1-37H. The molecule has 0 spiro atoms. The van der Waals surface area contributed by atoms with Gasteiger partial charge in [0.25, 0.3) is 0 Å². The Kier molecular flexibility index (Phi) is 8.17. The first-order valence-corrected chi connectivity index (χ1v) is 20.7. The number of benzene rings is 10. The molecule has 12 aromatic rings. The van der Waals surface area contributed by atoms with Gasteiger partial charge in [-0.05, 0) is 110 Å². The van der Waals surface area contributed by atoms with E-state index in [-0.39, 0.29) is 0 Å². The zero-order chi connectivity index (χ0) is 40.3. The lowest BCUT2D eigenvalue weighted by Crippen LogP contribution is -2.09. The fraction of sp³-hybridized carbons (Fsp3) is 0. The second kappa shape index (κ2) is 14.3. The van der Waals surface area contributed by atoms with Crippen molar-refractivity contribution in [1.82, 2.24) is 0 Å².